The lowest BCUT2D eigenvalue weighted by Crippen LogP contribution is -2.49. The lowest BCUT2D eigenvalue weighted by Gasteiger charge is -2.35. The zero-order valence-electron chi connectivity index (χ0n) is 11.3. The molecule has 0 aromatic heterocycles. The third-order valence-electron chi connectivity index (χ3n) is 4.00. The number of halogens is 2. The van der Waals surface area contributed by atoms with Crippen LogP contribution in [0, 0.1) is 11.6 Å². The van der Waals surface area contributed by atoms with E-state index >= 15 is 0 Å². The van der Waals surface area contributed by atoms with Gasteiger partial charge in [0.2, 0.25) is 0 Å². The number of nitrogens with two attached hydrogens (primary N) is 1. The Morgan fingerprint density at radius 1 is 1.26 bits per heavy atom. The summed E-state index contributed by atoms with van der Waals surface area (Å²) in [5.74, 6) is -1.64. The van der Waals surface area contributed by atoms with Crippen LogP contribution in [0.1, 0.15) is 38.2 Å². The summed E-state index contributed by atoms with van der Waals surface area (Å²) >= 11 is 0. The van der Waals surface area contributed by atoms with Crippen LogP contribution < -0.4 is 5.73 Å². The highest BCUT2D eigenvalue weighted by Gasteiger charge is 2.40. The van der Waals surface area contributed by atoms with Crippen LogP contribution in [0.5, 0.6) is 0 Å². The standard InChI is InChI=1S/C15H21F2NO/c1-2-19-15(7-3-4-8-15)14(18)10-11-5-6-12(16)13(17)9-11/h5-6,9,14H,2-4,7-8,10,18H2,1H3. The van der Waals surface area contributed by atoms with E-state index in [1.54, 1.807) is 6.07 Å². The molecule has 2 nitrogen and oxygen atoms in total. The Hall–Kier alpha value is -1.00. The van der Waals surface area contributed by atoms with Crippen LogP contribution in [0.2, 0.25) is 0 Å². The number of rotatable bonds is 5. The summed E-state index contributed by atoms with van der Waals surface area (Å²) in [6.07, 6.45) is 4.64. The summed E-state index contributed by atoms with van der Waals surface area (Å²) in [6.45, 7) is 2.59. The number of hydrogen-bond acceptors (Lipinski definition) is 2. The molecule has 106 valence electrons. The fourth-order valence-electron chi connectivity index (χ4n) is 2.99. The van der Waals surface area contributed by atoms with Gasteiger partial charge in [-0.25, -0.2) is 8.78 Å². The van der Waals surface area contributed by atoms with E-state index in [4.69, 9.17) is 10.5 Å². The molecule has 1 atom stereocenters. The van der Waals surface area contributed by atoms with Crippen molar-refractivity contribution in [3.05, 3.63) is 35.4 Å². The van der Waals surface area contributed by atoms with Crippen molar-refractivity contribution in [1.29, 1.82) is 0 Å². The molecule has 0 saturated heterocycles. The summed E-state index contributed by atoms with van der Waals surface area (Å²) in [6, 6.07) is 3.79. The maximum Gasteiger partial charge on any atom is 0.159 e. The second kappa shape index (κ2) is 5.97. The first-order chi connectivity index (χ1) is 9.07. The van der Waals surface area contributed by atoms with Crippen LogP contribution in [0.15, 0.2) is 18.2 Å². The van der Waals surface area contributed by atoms with Crippen molar-refractivity contribution < 1.29 is 13.5 Å². The molecule has 4 heteroatoms. The van der Waals surface area contributed by atoms with Crippen molar-refractivity contribution in [3.63, 3.8) is 0 Å². The molecule has 2 N–H and O–H groups in total. The molecule has 0 heterocycles. The van der Waals surface area contributed by atoms with E-state index in [1.807, 2.05) is 6.92 Å². The van der Waals surface area contributed by atoms with Crippen LogP contribution >= 0.6 is 0 Å². The van der Waals surface area contributed by atoms with Crippen molar-refractivity contribution in [2.24, 2.45) is 5.73 Å². The zero-order valence-corrected chi connectivity index (χ0v) is 11.3. The summed E-state index contributed by atoms with van der Waals surface area (Å²) in [5.41, 5.74) is 6.71. The second-order valence-electron chi connectivity index (χ2n) is 5.26. The molecule has 1 aliphatic carbocycles. The Labute approximate surface area is 112 Å². The highest BCUT2D eigenvalue weighted by Crippen LogP contribution is 2.36. The summed E-state index contributed by atoms with van der Waals surface area (Å²) < 4.78 is 32.0. The average molecular weight is 269 g/mol. The van der Waals surface area contributed by atoms with Gasteiger partial charge in [-0.3, -0.25) is 0 Å². The molecule has 0 bridgehead atoms. The van der Waals surface area contributed by atoms with E-state index in [0.717, 1.165) is 37.3 Å². The highest BCUT2D eigenvalue weighted by atomic mass is 19.2. The van der Waals surface area contributed by atoms with Gasteiger partial charge in [0, 0.05) is 12.6 Å². The Morgan fingerprint density at radius 2 is 1.95 bits per heavy atom. The van der Waals surface area contributed by atoms with E-state index in [2.05, 4.69) is 0 Å². The molecule has 0 spiro atoms. The molecule has 1 aliphatic rings. The van der Waals surface area contributed by atoms with Gasteiger partial charge in [0.1, 0.15) is 0 Å². The van der Waals surface area contributed by atoms with Crippen molar-refractivity contribution in [1.82, 2.24) is 0 Å². The predicted octanol–water partition coefficient (Wildman–Crippen LogP) is 3.18. The molecule has 2 rings (SSSR count). The highest BCUT2D eigenvalue weighted by molar-refractivity contribution is 5.20. The molecule has 1 saturated carbocycles. The third-order valence-corrected chi connectivity index (χ3v) is 4.00. The molecular weight excluding hydrogens is 248 g/mol. The third kappa shape index (κ3) is 3.12. The Morgan fingerprint density at radius 3 is 2.53 bits per heavy atom. The monoisotopic (exact) mass is 269 g/mol. The van der Waals surface area contributed by atoms with Crippen LogP contribution in [0.4, 0.5) is 8.78 Å². The molecule has 0 radical (unpaired) electrons. The van der Waals surface area contributed by atoms with E-state index in [0.29, 0.717) is 13.0 Å². The smallest absolute Gasteiger partial charge is 0.159 e. The van der Waals surface area contributed by atoms with E-state index < -0.39 is 11.6 Å². The molecule has 19 heavy (non-hydrogen) atoms. The van der Waals surface area contributed by atoms with Gasteiger partial charge in [0.15, 0.2) is 11.6 Å². The van der Waals surface area contributed by atoms with E-state index in [1.165, 1.54) is 6.07 Å². The van der Waals surface area contributed by atoms with Crippen LogP contribution in [0.3, 0.4) is 0 Å². The normalized spacial score (nSPS) is 19.6. The van der Waals surface area contributed by atoms with Gasteiger partial charge >= 0.3 is 0 Å². The first-order valence-electron chi connectivity index (χ1n) is 6.91. The molecule has 1 fully saturated rings. The van der Waals surface area contributed by atoms with Gasteiger partial charge in [-0.1, -0.05) is 18.9 Å². The lowest BCUT2D eigenvalue weighted by molar-refractivity contribution is -0.0525. The van der Waals surface area contributed by atoms with Crippen LogP contribution in [0.25, 0.3) is 0 Å². The van der Waals surface area contributed by atoms with Gasteiger partial charge in [0.05, 0.1) is 5.60 Å². The van der Waals surface area contributed by atoms with Gasteiger partial charge in [-0.2, -0.15) is 0 Å². The zero-order chi connectivity index (χ0) is 13.9. The number of hydrogen-bond donors (Lipinski definition) is 1. The lowest BCUT2D eigenvalue weighted by atomic mass is 9.88. The van der Waals surface area contributed by atoms with Gasteiger partial charge < -0.3 is 10.5 Å². The quantitative estimate of drug-likeness (QED) is 0.891. The predicted molar refractivity (Wildman–Crippen MR) is 70.9 cm³/mol. The fourth-order valence-corrected chi connectivity index (χ4v) is 2.99. The topological polar surface area (TPSA) is 35.2 Å². The maximum atomic E-state index is 13.2. The minimum atomic E-state index is -0.822. The van der Waals surface area contributed by atoms with Crippen molar-refractivity contribution in [3.8, 4) is 0 Å². The molecule has 1 unspecified atom stereocenters. The van der Waals surface area contributed by atoms with Crippen molar-refractivity contribution >= 4 is 0 Å². The second-order valence-corrected chi connectivity index (χ2v) is 5.26. The van der Waals surface area contributed by atoms with Crippen molar-refractivity contribution in [2.75, 3.05) is 6.61 Å². The minimum absolute atomic E-state index is 0.181. The first kappa shape index (κ1) is 14.4. The molecular formula is C15H21F2NO. The summed E-state index contributed by atoms with van der Waals surface area (Å²) in [7, 11) is 0. The first-order valence-corrected chi connectivity index (χ1v) is 6.91. The molecule has 1 aromatic carbocycles. The fraction of sp³-hybridized carbons (Fsp3) is 0.600. The summed E-state index contributed by atoms with van der Waals surface area (Å²) in [4.78, 5) is 0. The average Bonchev–Trinajstić information content (AvgIpc) is 2.84. The van der Waals surface area contributed by atoms with Gasteiger partial charge in [0.25, 0.3) is 0 Å². The Balaban J connectivity index is 2.10. The van der Waals surface area contributed by atoms with Crippen LogP contribution in [-0.2, 0) is 11.2 Å². The Kier molecular flexibility index (Phi) is 4.53. The molecule has 0 aliphatic heterocycles. The van der Waals surface area contributed by atoms with E-state index in [9.17, 15) is 8.78 Å². The summed E-state index contributed by atoms with van der Waals surface area (Å²) in [5, 5.41) is 0. The van der Waals surface area contributed by atoms with Gasteiger partial charge in [-0.05, 0) is 43.9 Å². The molecule has 1 aromatic rings. The largest absolute Gasteiger partial charge is 0.374 e. The molecule has 0 amide bonds. The van der Waals surface area contributed by atoms with Crippen LogP contribution in [-0.4, -0.2) is 18.2 Å². The Bertz CT molecular complexity index is 430. The van der Waals surface area contributed by atoms with Crippen molar-refractivity contribution in [2.45, 2.75) is 50.7 Å². The number of benzene rings is 1. The minimum Gasteiger partial charge on any atom is -0.374 e. The van der Waals surface area contributed by atoms with E-state index in [-0.39, 0.29) is 11.6 Å². The maximum absolute atomic E-state index is 13.2. The number of ether oxygens (including phenoxy) is 1. The van der Waals surface area contributed by atoms with Gasteiger partial charge in [-0.15, -0.1) is 0 Å². The SMILES string of the molecule is CCOC1(C(N)Cc2ccc(F)c(F)c2)CCCC1.